The lowest BCUT2D eigenvalue weighted by Crippen LogP contribution is -2.32. The molecule has 1 amide bonds. The minimum atomic E-state index is -3.41. The van der Waals surface area contributed by atoms with Crippen LogP contribution < -0.4 is 0 Å². The van der Waals surface area contributed by atoms with Crippen LogP contribution >= 0.6 is 11.6 Å². The fraction of sp³-hybridized carbons (Fsp3) is 0.632. The summed E-state index contributed by atoms with van der Waals surface area (Å²) in [6.45, 7) is 0.857. The van der Waals surface area contributed by atoms with Crippen molar-refractivity contribution in [3.05, 3.63) is 29.3 Å². The van der Waals surface area contributed by atoms with E-state index in [2.05, 4.69) is 0 Å². The Bertz CT molecular complexity index is 696. The van der Waals surface area contributed by atoms with E-state index in [1.165, 1.54) is 32.1 Å². The fourth-order valence-electron chi connectivity index (χ4n) is 3.99. The van der Waals surface area contributed by atoms with Crippen LogP contribution in [0.15, 0.2) is 29.2 Å². The van der Waals surface area contributed by atoms with Crippen molar-refractivity contribution in [1.29, 1.82) is 0 Å². The molecule has 1 aromatic carbocycles. The van der Waals surface area contributed by atoms with Crippen molar-refractivity contribution >= 4 is 27.3 Å². The summed E-state index contributed by atoms with van der Waals surface area (Å²) < 4.78 is 25.5. The van der Waals surface area contributed by atoms with Gasteiger partial charge in [-0.2, -0.15) is 0 Å². The van der Waals surface area contributed by atoms with Gasteiger partial charge in [0, 0.05) is 24.5 Å². The van der Waals surface area contributed by atoms with E-state index >= 15 is 0 Å². The molecule has 1 aromatic rings. The van der Waals surface area contributed by atoms with Crippen LogP contribution in [0, 0.1) is 5.92 Å². The first-order valence-corrected chi connectivity index (χ1v) is 11.2. The SMILES string of the molecule is O=C(CCC1CCCCC1)N1CCC(S(=O)(=O)c2ccc(Cl)cc2)C1. The lowest BCUT2D eigenvalue weighted by atomic mass is 9.86. The van der Waals surface area contributed by atoms with Gasteiger partial charge in [-0.1, -0.05) is 43.7 Å². The van der Waals surface area contributed by atoms with Crippen LogP contribution in [0.3, 0.4) is 0 Å². The van der Waals surface area contributed by atoms with Gasteiger partial charge in [0.25, 0.3) is 0 Å². The number of sulfone groups is 1. The highest BCUT2D eigenvalue weighted by molar-refractivity contribution is 7.92. The Hall–Kier alpha value is -1.07. The minimum absolute atomic E-state index is 0.111. The van der Waals surface area contributed by atoms with Crippen LogP contribution in [0.5, 0.6) is 0 Å². The normalized spacial score (nSPS) is 22.3. The number of likely N-dealkylation sites (tertiary alicyclic amines) is 1. The summed E-state index contributed by atoms with van der Waals surface area (Å²) in [5.74, 6) is 0.785. The maximum absolute atomic E-state index is 12.7. The van der Waals surface area contributed by atoms with E-state index in [-0.39, 0.29) is 5.91 Å². The molecule has 1 aliphatic carbocycles. The van der Waals surface area contributed by atoms with Gasteiger partial charge in [-0.3, -0.25) is 4.79 Å². The number of carbonyl (C=O) groups is 1. The van der Waals surface area contributed by atoms with Crippen LogP contribution in [-0.2, 0) is 14.6 Å². The van der Waals surface area contributed by atoms with Crippen molar-refractivity contribution < 1.29 is 13.2 Å². The number of hydrogen-bond donors (Lipinski definition) is 0. The molecule has 138 valence electrons. The number of carbonyl (C=O) groups excluding carboxylic acids is 1. The highest BCUT2D eigenvalue weighted by Crippen LogP contribution is 2.29. The van der Waals surface area contributed by atoms with Gasteiger partial charge in [0.05, 0.1) is 10.1 Å². The van der Waals surface area contributed by atoms with Gasteiger partial charge in [0.15, 0.2) is 9.84 Å². The van der Waals surface area contributed by atoms with Crippen LogP contribution in [0.4, 0.5) is 0 Å². The van der Waals surface area contributed by atoms with E-state index in [0.717, 1.165) is 6.42 Å². The summed E-state index contributed by atoms with van der Waals surface area (Å²) in [5.41, 5.74) is 0. The second kappa shape index (κ2) is 8.09. The summed E-state index contributed by atoms with van der Waals surface area (Å²) in [4.78, 5) is 14.5. The molecule has 4 nitrogen and oxygen atoms in total. The summed E-state index contributed by atoms with van der Waals surface area (Å²) in [7, 11) is -3.41. The molecule has 0 aromatic heterocycles. The van der Waals surface area contributed by atoms with E-state index in [4.69, 9.17) is 11.6 Å². The molecule has 1 atom stereocenters. The molecular weight excluding hydrogens is 358 g/mol. The maximum atomic E-state index is 12.7. The number of hydrogen-bond acceptors (Lipinski definition) is 3. The van der Waals surface area contributed by atoms with Gasteiger partial charge < -0.3 is 4.90 Å². The molecule has 1 heterocycles. The lowest BCUT2D eigenvalue weighted by Gasteiger charge is -2.23. The third-order valence-corrected chi connectivity index (χ3v) is 8.01. The van der Waals surface area contributed by atoms with Gasteiger partial charge >= 0.3 is 0 Å². The first kappa shape index (κ1) is 18.7. The first-order chi connectivity index (χ1) is 12.0. The molecule has 6 heteroatoms. The van der Waals surface area contributed by atoms with Gasteiger partial charge in [0.2, 0.25) is 5.91 Å². The number of amides is 1. The van der Waals surface area contributed by atoms with Crippen LogP contribution in [0.1, 0.15) is 51.4 Å². The van der Waals surface area contributed by atoms with E-state index in [0.29, 0.717) is 41.8 Å². The highest BCUT2D eigenvalue weighted by atomic mass is 35.5. The topological polar surface area (TPSA) is 54.5 Å². The van der Waals surface area contributed by atoms with E-state index in [9.17, 15) is 13.2 Å². The Kier molecular flexibility index (Phi) is 6.05. The molecule has 0 bridgehead atoms. The average Bonchev–Trinajstić information content (AvgIpc) is 3.12. The van der Waals surface area contributed by atoms with Crippen LogP contribution in [0.2, 0.25) is 5.02 Å². The second-order valence-corrected chi connectivity index (χ2v) is 9.96. The Morgan fingerprint density at radius 2 is 1.76 bits per heavy atom. The Morgan fingerprint density at radius 3 is 2.44 bits per heavy atom. The molecular formula is C19H26ClNO3S. The molecule has 3 rings (SSSR count). The van der Waals surface area contributed by atoms with Gasteiger partial charge in [-0.25, -0.2) is 8.42 Å². The average molecular weight is 384 g/mol. The van der Waals surface area contributed by atoms with Gasteiger partial charge in [0.1, 0.15) is 0 Å². The second-order valence-electron chi connectivity index (χ2n) is 7.29. The van der Waals surface area contributed by atoms with E-state index < -0.39 is 15.1 Å². The number of rotatable bonds is 5. The largest absolute Gasteiger partial charge is 0.341 e. The summed E-state index contributed by atoms with van der Waals surface area (Å²) >= 11 is 5.84. The third kappa shape index (κ3) is 4.56. The van der Waals surface area contributed by atoms with E-state index in [1.54, 1.807) is 29.2 Å². The van der Waals surface area contributed by atoms with Crippen molar-refractivity contribution in [2.75, 3.05) is 13.1 Å². The molecule has 2 fully saturated rings. The zero-order valence-corrected chi connectivity index (χ0v) is 16.1. The van der Waals surface area contributed by atoms with Crippen molar-refractivity contribution in [1.82, 2.24) is 4.90 Å². The third-order valence-electron chi connectivity index (χ3n) is 5.57. The summed E-state index contributed by atoms with van der Waals surface area (Å²) in [5, 5.41) is 0.0113. The van der Waals surface area contributed by atoms with Gasteiger partial charge in [-0.15, -0.1) is 0 Å². The monoisotopic (exact) mass is 383 g/mol. The highest BCUT2D eigenvalue weighted by Gasteiger charge is 2.36. The molecule has 0 radical (unpaired) electrons. The molecule has 2 aliphatic rings. The minimum Gasteiger partial charge on any atom is -0.341 e. The van der Waals surface area contributed by atoms with Crippen molar-refractivity contribution in [3.63, 3.8) is 0 Å². The summed E-state index contributed by atoms with van der Waals surface area (Å²) in [6.07, 6.45) is 8.37. The number of nitrogens with zero attached hydrogens (tertiary/aromatic N) is 1. The van der Waals surface area contributed by atoms with Crippen LogP contribution in [0.25, 0.3) is 0 Å². The Labute approximate surface area is 155 Å². The molecule has 1 saturated heterocycles. The van der Waals surface area contributed by atoms with Gasteiger partial charge in [-0.05, 0) is 43.0 Å². The molecule has 25 heavy (non-hydrogen) atoms. The summed E-state index contributed by atoms with van der Waals surface area (Å²) in [6, 6.07) is 6.28. The first-order valence-electron chi connectivity index (χ1n) is 9.24. The Morgan fingerprint density at radius 1 is 1.08 bits per heavy atom. The molecule has 0 spiro atoms. The number of benzene rings is 1. The fourth-order valence-corrected chi connectivity index (χ4v) is 5.80. The smallest absolute Gasteiger partial charge is 0.222 e. The quantitative estimate of drug-likeness (QED) is 0.769. The lowest BCUT2D eigenvalue weighted by molar-refractivity contribution is -0.130. The van der Waals surface area contributed by atoms with Crippen LogP contribution in [-0.4, -0.2) is 37.6 Å². The zero-order chi connectivity index (χ0) is 17.9. The molecule has 1 unspecified atom stereocenters. The van der Waals surface area contributed by atoms with E-state index in [1.807, 2.05) is 0 Å². The van der Waals surface area contributed by atoms with Crippen molar-refractivity contribution in [3.8, 4) is 0 Å². The van der Waals surface area contributed by atoms with Crippen molar-refractivity contribution in [2.24, 2.45) is 5.92 Å². The van der Waals surface area contributed by atoms with Crippen molar-refractivity contribution in [2.45, 2.75) is 61.5 Å². The predicted molar refractivity (Wildman–Crippen MR) is 99.4 cm³/mol. The maximum Gasteiger partial charge on any atom is 0.222 e. The molecule has 1 aliphatic heterocycles. The number of halogens is 1. The standard InChI is InChI=1S/C19H26ClNO3S/c20-16-7-9-17(10-8-16)25(23,24)18-12-13-21(14-18)19(22)11-6-15-4-2-1-3-5-15/h7-10,15,18H,1-6,11-14H2. The molecule has 1 saturated carbocycles. The Balaban J connectivity index is 1.55. The molecule has 0 N–H and O–H groups in total. The predicted octanol–water partition coefficient (Wildman–Crippen LogP) is 4.08. The zero-order valence-electron chi connectivity index (χ0n) is 14.5.